The van der Waals surface area contributed by atoms with Crippen LogP contribution in [0.4, 0.5) is 0 Å². The summed E-state index contributed by atoms with van der Waals surface area (Å²) >= 11 is 5.71. The van der Waals surface area contributed by atoms with E-state index in [0.717, 1.165) is 31.3 Å². The van der Waals surface area contributed by atoms with Crippen molar-refractivity contribution in [2.45, 2.75) is 39.7 Å². The van der Waals surface area contributed by atoms with E-state index >= 15 is 0 Å². The number of aryl methyl sites for hydroxylation is 1. The van der Waals surface area contributed by atoms with Crippen LogP contribution in [0.25, 0.3) is 10.9 Å². The van der Waals surface area contributed by atoms with Crippen LogP contribution in [0, 0.1) is 10.5 Å². The smallest absolute Gasteiger partial charge is 0.282 e. The lowest BCUT2D eigenvalue weighted by Gasteiger charge is -2.14. The van der Waals surface area contributed by atoms with Crippen molar-refractivity contribution in [1.29, 1.82) is 0 Å². The van der Waals surface area contributed by atoms with Crippen molar-refractivity contribution in [2.75, 3.05) is 0 Å². The third-order valence-electron chi connectivity index (χ3n) is 5.68. The summed E-state index contributed by atoms with van der Waals surface area (Å²) in [6, 6.07) is 19.7. The van der Waals surface area contributed by atoms with Crippen LogP contribution in [0.3, 0.4) is 0 Å². The minimum Gasteiger partial charge on any atom is -0.488 e. The maximum atomic E-state index is 13.3. The Labute approximate surface area is 221 Å². The zero-order valence-corrected chi connectivity index (χ0v) is 23.0. The lowest BCUT2D eigenvalue weighted by Crippen LogP contribution is -2.23. The highest BCUT2D eigenvalue weighted by molar-refractivity contribution is 14.1. The van der Waals surface area contributed by atoms with Crippen LogP contribution in [-0.2, 0) is 6.61 Å². The summed E-state index contributed by atoms with van der Waals surface area (Å²) in [4.78, 5) is 18.0. The maximum Gasteiger partial charge on any atom is 0.282 e. The van der Waals surface area contributed by atoms with Gasteiger partial charge in [0.2, 0.25) is 0 Å². The van der Waals surface area contributed by atoms with Crippen molar-refractivity contribution in [3.63, 3.8) is 0 Å². The molecule has 0 aliphatic carbocycles. The normalized spacial score (nSPS) is 12.4. The molecule has 4 aromatic rings. The molecule has 1 atom stereocenters. The van der Waals surface area contributed by atoms with Crippen LogP contribution < -0.4 is 10.3 Å². The molecule has 1 aromatic heterocycles. The zero-order valence-electron chi connectivity index (χ0n) is 19.3. The predicted octanol–water partition coefficient (Wildman–Crippen LogP) is 7.05. The van der Waals surface area contributed by atoms with E-state index in [-0.39, 0.29) is 11.5 Å². The highest BCUT2D eigenvalue weighted by Crippen LogP contribution is 2.24. The molecule has 0 N–H and O–H groups in total. The molecule has 0 fully saturated rings. The molecule has 0 saturated heterocycles. The Morgan fingerprint density at radius 3 is 2.62 bits per heavy atom. The third-order valence-corrected chi connectivity index (χ3v) is 7.02. The summed E-state index contributed by atoms with van der Waals surface area (Å²) in [5.74, 6) is 1.56. The minimum absolute atomic E-state index is 0.0931. The largest absolute Gasteiger partial charge is 0.488 e. The Morgan fingerprint density at radius 1 is 1.15 bits per heavy atom. The molecule has 0 aliphatic rings. The van der Waals surface area contributed by atoms with Crippen LogP contribution in [0.5, 0.6) is 5.75 Å². The highest BCUT2D eigenvalue weighted by Gasteiger charge is 2.15. The number of hydrogen-bond acceptors (Lipinski definition) is 4. The third kappa shape index (κ3) is 5.58. The van der Waals surface area contributed by atoms with Gasteiger partial charge in [-0.15, -0.1) is 0 Å². The van der Waals surface area contributed by atoms with Crippen molar-refractivity contribution in [3.05, 3.63) is 102 Å². The van der Waals surface area contributed by atoms with Crippen molar-refractivity contribution < 1.29 is 4.74 Å². The van der Waals surface area contributed by atoms with Gasteiger partial charge in [0.05, 0.1) is 20.7 Å². The molecule has 34 heavy (non-hydrogen) atoms. The molecular formula is C27H25BrIN3O2. The number of aromatic nitrogens is 2. The Hall–Kier alpha value is -2.52. The first-order chi connectivity index (χ1) is 16.4. The van der Waals surface area contributed by atoms with Crippen molar-refractivity contribution in [1.82, 2.24) is 9.66 Å². The summed E-state index contributed by atoms with van der Waals surface area (Å²) in [6.07, 6.45) is 2.56. The van der Waals surface area contributed by atoms with Gasteiger partial charge in [0, 0.05) is 10.4 Å². The summed E-state index contributed by atoms with van der Waals surface area (Å²) in [5.41, 5.74) is 3.74. The topological polar surface area (TPSA) is 56.5 Å². The quantitative estimate of drug-likeness (QED) is 0.163. The molecule has 0 saturated carbocycles. The molecule has 0 amide bonds. The molecule has 1 heterocycles. The number of ether oxygens (including phenoxy) is 1. The fraction of sp³-hybridized carbons (Fsp3) is 0.222. The van der Waals surface area contributed by atoms with Gasteiger partial charge in [-0.25, -0.2) is 4.98 Å². The van der Waals surface area contributed by atoms with Gasteiger partial charge in [0.1, 0.15) is 18.2 Å². The molecular weight excluding hydrogens is 605 g/mol. The van der Waals surface area contributed by atoms with Crippen molar-refractivity contribution in [3.8, 4) is 5.75 Å². The van der Waals surface area contributed by atoms with E-state index in [1.165, 1.54) is 10.2 Å². The van der Waals surface area contributed by atoms with Crippen LogP contribution >= 0.6 is 38.5 Å². The average molecular weight is 630 g/mol. The molecule has 0 unspecified atom stereocenters. The van der Waals surface area contributed by atoms with E-state index < -0.39 is 0 Å². The first kappa shape index (κ1) is 24.6. The first-order valence-corrected chi connectivity index (χ1v) is 13.0. The van der Waals surface area contributed by atoms with E-state index in [4.69, 9.17) is 9.72 Å². The zero-order chi connectivity index (χ0) is 24.2. The molecule has 0 bridgehead atoms. The SMILES string of the molecule is CC[C@@H](C)c1nc2ccc(Br)cc2c(=O)n1N=Cc1ccc(OCc2ccc(C)cc2)c(I)c1. The highest BCUT2D eigenvalue weighted by atomic mass is 127. The molecule has 7 heteroatoms. The average Bonchev–Trinajstić information content (AvgIpc) is 2.83. The van der Waals surface area contributed by atoms with Gasteiger partial charge in [-0.05, 0) is 83.5 Å². The Bertz CT molecular complexity index is 1410. The summed E-state index contributed by atoms with van der Waals surface area (Å²) < 4.78 is 9.24. The number of benzene rings is 3. The van der Waals surface area contributed by atoms with Crippen molar-refractivity contribution in [2.24, 2.45) is 5.10 Å². The van der Waals surface area contributed by atoms with E-state index in [0.29, 0.717) is 23.3 Å². The number of halogens is 2. The van der Waals surface area contributed by atoms with E-state index in [2.05, 4.69) is 88.7 Å². The number of hydrogen-bond donors (Lipinski definition) is 0. The maximum absolute atomic E-state index is 13.3. The van der Waals surface area contributed by atoms with Gasteiger partial charge < -0.3 is 4.74 Å². The second-order valence-electron chi connectivity index (χ2n) is 8.27. The van der Waals surface area contributed by atoms with Gasteiger partial charge >= 0.3 is 0 Å². The first-order valence-electron chi connectivity index (χ1n) is 11.1. The van der Waals surface area contributed by atoms with Gasteiger partial charge in [-0.1, -0.05) is 59.6 Å². The van der Waals surface area contributed by atoms with Gasteiger partial charge in [-0.2, -0.15) is 9.78 Å². The Kier molecular flexibility index (Phi) is 7.83. The molecule has 5 nitrogen and oxygen atoms in total. The minimum atomic E-state index is -0.175. The summed E-state index contributed by atoms with van der Waals surface area (Å²) in [7, 11) is 0. The monoisotopic (exact) mass is 629 g/mol. The molecule has 174 valence electrons. The Morgan fingerprint density at radius 2 is 1.91 bits per heavy atom. The van der Waals surface area contributed by atoms with Crippen LogP contribution in [0.1, 0.15) is 48.7 Å². The standard InChI is InChI=1S/C27H25BrIN3O2/c1-4-18(3)26-31-24-11-10-21(28)14-22(24)27(33)32(26)30-15-20-9-12-25(23(29)13-20)34-16-19-7-5-17(2)6-8-19/h5-15,18H,4,16H2,1-3H3/t18-/m1/s1. The van der Waals surface area contributed by atoms with Crippen molar-refractivity contribution >= 4 is 55.6 Å². The van der Waals surface area contributed by atoms with E-state index in [9.17, 15) is 4.79 Å². The summed E-state index contributed by atoms with van der Waals surface area (Å²) in [6.45, 7) is 6.71. The molecule has 0 aliphatic heterocycles. The fourth-order valence-corrected chi connectivity index (χ4v) is 4.52. The van der Waals surface area contributed by atoms with E-state index in [1.54, 1.807) is 12.3 Å². The lowest BCUT2D eigenvalue weighted by molar-refractivity contribution is 0.304. The Balaban J connectivity index is 1.62. The van der Waals surface area contributed by atoms with Crippen LogP contribution in [0.15, 0.2) is 75.0 Å². The van der Waals surface area contributed by atoms with E-state index in [1.807, 2.05) is 30.3 Å². The van der Waals surface area contributed by atoms with Crippen LogP contribution in [-0.4, -0.2) is 15.9 Å². The number of nitrogens with zero attached hydrogens (tertiary/aromatic N) is 3. The fourth-order valence-electron chi connectivity index (χ4n) is 3.46. The van der Waals surface area contributed by atoms with Gasteiger partial charge in [0.25, 0.3) is 5.56 Å². The van der Waals surface area contributed by atoms with Gasteiger partial charge in [0.15, 0.2) is 0 Å². The van der Waals surface area contributed by atoms with Gasteiger partial charge in [-0.3, -0.25) is 4.79 Å². The number of fused-ring (bicyclic) bond motifs is 1. The molecule has 3 aromatic carbocycles. The lowest BCUT2D eigenvalue weighted by atomic mass is 10.1. The van der Waals surface area contributed by atoms with Crippen LogP contribution in [0.2, 0.25) is 0 Å². The molecule has 0 radical (unpaired) electrons. The summed E-state index contributed by atoms with van der Waals surface area (Å²) in [5, 5.41) is 5.09. The second-order valence-corrected chi connectivity index (χ2v) is 10.3. The second kappa shape index (κ2) is 10.8. The predicted molar refractivity (Wildman–Crippen MR) is 150 cm³/mol. The molecule has 4 rings (SSSR count). The molecule has 0 spiro atoms. The number of rotatable bonds is 7.